The lowest BCUT2D eigenvalue weighted by atomic mass is 9.79. The molecule has 5 aromatic rings. The highest BCUT2D eigenvalue weighted by Crippen LogP contribution is 2.40. The number of aromatic nitrogens is 2. The van der Waals surface area contributed by atoms with Crippen molar-refractivity contribution in [3.63, 3.8) is 0 Å². The normalized spacial score (nSPS) is 13.6. The Hall–Kier alpha value is -4.57. The number of nitrogens with zero attached hydrogens (tertiary/aromatic N) is 2. The van der Waals surface area contributed by atoms with Gasteiger partial charge in [0, 0.05) is 55.4 Å². The van der Waals surface area contributed by atoms with Crippen LogP contribution in [0.5, 0.6) is 0 Å². The molecule has 2 aromatic heterocycles. The average Bonchev–Trinajstić information content (AvgIpc) is 3.68. The van der Waals surface area contributed by atoms with E-state index in [2.05, 4.69) is 25.9 Å². The van der Waals surface area contributed by atoms with E-state index < -0.39 is 5.92 Å². The van der Waals surface area contributed by atoms with Gasteiger partial charge in [-0.05, 0) is 31.5 Å². The van der Waals surface area contributed by atoms with Crippen LogP contribution in [0.4, 0.5) is 10.3 Å². The maximum atomic E-state index is 13.9. The highest BCUT2D eigenvalue weighted by Gasteiger charge is 2.37. The second kappa shape index (κ2) is 12.3. The van der Waals surface area contributed by atoms with Crippen molar-refractivity contribution in [3.05, 3.63) is 129 Å². The van der Waals surface area contributed by atoms with E-state index in [1.807, 2.05) is 97.4 Å². The molecule has 0 saturated carbocycles. The van der Waals surface area contributed by atoms with Crippen LogP contribution in [0.1, 0.15) is 25.3 Å². The zero-order valence-electron chi connectivity index (χ0n) is 23.2. The van der Waals surface area contributed by atoms with Gasteiger partial charge in [0.15, 0.2) is 10.3 Å². The van der Waals surface area contributed by atoms with Gasteiger partial charge in [-0.15, -0.1) is 22.7 Å². The van der Waals surface area contributed by atoms with E-state index in [0.717, 1.165) is 28.1 Å². The molecule has 10 heteroatoms. The number of dihydropyridines is 1. The van der Waals surface area contributed by atoms with E-state index in [-0.39, 0.29) is 11.8 Å². The van der Waals surface area contributed by atoms with Crippen LogP contribution in [-0.2, 0) is 9.59 Å². The van der Waals surface area contributed by atoms with Crippen molar-refractivity contribution in [1.29, 1.82) is 0 Å². The van der Waals surface area contributed by atoms with E-state index >= 15 is 0 Å². The minimum absolute atomic E-state index is 0.350. The van der Waals surface area contributed by atoms with Crippen molar-refractivity contribution in [2.75, 3.05) is 10.6 Å². The molecule has 1 aliphatic rings. The number of carbonyl (C=O) groups is 2. The molecule has 43 heavy (non-hydrogen) atoms. The quantitative estimate of drug-likeness (QED) is 0.170. The number of allylic oxidation sites excluding steroid dienone is 2. The van der Waals surface area contributed by atoms with Gasteiger partial charge in [-0.25, -0.2) is 9.97 Å². The molecule has 0 fully saturated rings. The van der Waals surface area contributed by atoms with Crippen molar-refractivity contribution >= 4 is 56.4 Å². The number of thiazole rings is 2. The Bertz CT molecular complexity index is 1750. The van der Waals surface area contributed by atoms with Crippen LogP contribution in [0, 0.1) is 0 Å². The van der Waals surface area contributed by atoms with Crippen LogP contribution >= 0.6 is 34.3 Å². The first-order valence-electron chi connectivity index (χ1n) is 13.5. The summed E-state index contributed by atoms with van der Waals surface area (Å²) in [6, 6.07) is 26.8. The number of rotatable bonds is 7. The van der Waals surface area contributed by atoms with Crippen LogP contribution in [0.15, 0.2) is 118 Å². The summed E-state index contributed by atoms with van der Waals surface area (Å²) in [6.45, 7) is 3.67. The molecule has 3 heterocycles. The third-order valence-corrected chi connectivity index (χ3v) is 8.81. The van der Waals surface area contributed by atoms with Gasteiger partial charge in [0.2, 0.25) is 0 Å². The lowest BCUT2D eigenvalue weighted by Gasteiger charge is -2.31. The highest BCUT2D eigenvalue weighted by atomic mass is 35.5. The first kappa shape index (κ1) is 28.5. The molecule has 7 nitrogen and oxygen atoms in total. The summed E-state index contributed by atoms with van der Waals surface area (Å²) < 4.78 is 0. The molecular formula is C33H26ClN5O2S2. The zero-order valence-corrected chi connectivity index (χ0v) is 25.6. The summed E-state index contributed by atoms with van der Waals surface area (Å²) in [4.78, 5) is 37.1. The topological polar surface area (TPSA) is 96.0 Å². The Morgan fingerprint density at radius 3 is 1.58 bits per heavy atom. The highest BCUT2D eigenvalue weighted by molar-refractivity contribution is 7.14. The van der Waals surface area contributed by atoms with Crippen LogP contribution in [0.3, 0.4) is 0 Å². The minimum Gasteiger partial charge on any atom is -0.362 e. The molecule has 0 aliphatic carbocycles. The van der Waals surface area contributed by atoms with E-state index in [0.29, 0.717) is 37.8 Å². The van der Waals surface area contributed by atoms with E-state index in [1.54, 1.807) is 12.1 Å². The Kier molecular flexibility index (Phi) is 8.20. The molecule has 6 rings (SSSR count). The van der Waals surface area contributed by atoms with Crippen LogP contribution in [-0.4, -0.2) is 21.8 Å². The Morgan fingerprint density at radius 1 is 0.698 bits per heavy atom. The number of anilines is 2. The first-order chi connectivity index (χ1) is 20.9. The maximum absolute atomic E-state index is 13.9. The van der Waals surface area contributed by atoms with Gasteiger partial charge in [0.1, 0.15) is 0 Å². The van der Waals surface area contributed by atoms with E-state index in [4.69, 9.17) is 11.6 Å². The molecule has 0 bridgehead atoms. The van der Waals surface area contributed by atoms with Gasteiger partial charge in [-0.3, -0.25) is 20.2 Å². The number of benzene rings is 3. The molecule has 1 aliphatic heterocycles. The predicted molar refractivity (Wildman–Crippen MR) is 175 cm³/mol. The molecule has 2 amide bonds. The third-order valence-electron chi connectivity index (χ3n) is 7.04. The summed E-state index contributed by atoms with van der Waals surface area (Å²) in [5.41, 5.74) is 6.35. The summed E-state index contributed by atoms with van der Waals surface area (Å²) in [5, 5.41) is 14.5. The van der Waals surface area contributed by atoms with Gasteiger partial charge in [0.05, 0.1) is 11.4 Å². The summed E-state index contributed by atoms with van der Waals surface area (Å²) in [7, 11) is 0. The lowest BCUT2D eigenvalue weighted by Crippen LogP contribution is -2.35. The minimum atomic E-state index is -0.666. The van der Waals surface area contributed by atoms with Crippen LogP contribution in [0.2, 0.25) is 5.02 Å². The third kappa shape index (κ3) is 6.15. The summed E-state index contributed by atoms with van der Waals surface area (Å²) >= 11 is 8.91. The van der Waals surface area contributed by atoms with Crippen LogP contribution in [0.25, 0.3) is 22.5 Å². The maximum Gasteiger partial charge on any atom is 0.256 e. The average molecular weight is 624 g/mol. The van der Waals surface area contributed by atoms with Gasteiger partial charge in [-0.2, -0.15) is 0 Å². The number of halogens is 1. The molecule has 214 valence electrons. The molecular weight excluding hydrogens is 598 g/mol. The van der Waals surface area contributed by atoms with Crippen molar-refractivity contribution in [2.45, 2.75) is 19.8 Å². The fourth-order valence-corrected chi connectivity index (χ4v) is 6.61. The molecule has 3 N–H and O–H groups in total. The Morgan fingerprint density at radius 2 is 1.14 bits per heavy atom. The van der Waals surface area contributed by atoms with Crippen molar-refractivity contribution < 1.29 is 9.59 Å². The fraction of sp³-hybridized carbons (Fsp3) is 0.0909. The van der Waals surface area contributed by atoms with Crippen LogP contribution < -0.4 is 16.0 Å². The molecule has 0 saturated heterocycles. The molecule has 0 spiro atoms. The molecule has 3 aromatic carbocycles. The predicted octanol–water partition coefficient (Wildman–Crippen LogP) is 8.10. The largest absolute Gasteiger partial charge is 0.362 e. The van der Waals surface area contributed by atoms with Crippen molar-refractivity contribution in [2.24, 2.45) is 0 Å². The van der Waals surface area contributed by atoms with E-state index in [9.17, 15) is 9.59 Å². The number of hydrogen-bond acceptors (Lipinski definition) is 7. The number of amides is 2. The first-order valence-corrected chi connectivity index (χ1v) is 15.6. The van der Waals surface area contributed by atoms with Gasteiger partial charge in [-0.1, -0.05) is 84.4 Å². The SMILES string of the molecule is CC1=C(C(=O)Nc2nc(-c3ccccc3)cs2)C(c2ccc(Cl)cc2)C(C(=O)Nc2nc(-c3ccccc3)cs2)=C(C)N1. The zero-order chi connectivity index (χ0) is 29.9. The van der Waals surface area contributed by atoms with Crippen molar-refractivity contribution in [1.82, 2.24) is 15.3 Å². The Balaban J connectivity index is 1.31. The summed E-state index contributed by atoms with van der Waals surface area (Å²) in [5.74, 6) is -1.37. The van der Waals surface area contributed by atoms with Gasteiger partial charge < -0.3 is 5.32 Å². The van der Waals surface area contributed by atoms with Gasteiger partial charge >= 0.3 is 0 Å². The smallest absolute Gasteiger partial charge is 0.256 e. The molecule has 0 radical (unpaired) electrons. The standard InChI is InChI=1S/C33H26ClN5O2S2/c1-19-27(30(40)38-32-36-25(17-42-32)21-9-5-3-6-10-21)29(23-13-15-24(34)16-14-23)28(20(2)35-19)31(41)39-33-37-26(18-43-33)22-11-7-4-8-12-22/h3-18,29,35H,1-2H3,(H,36,38,40)(H,37,39,41). The second-order valence-corrected chi connectivity index (χ2v) is 12.1. The number of hydrogen-bond donors (Lipinski definition) is 3. The van der Waals surface area contributed by atoms with Crippen molar-refractivity contribution in [3.8, 4) is 22.5 Å². The summed E-state index contributed by atoms with van der Waals surface area (Å²) in [6.07, 6.45) is 0. The van der Waals surface area contributed by atoms with Gasteiger partial charge in [0.25, 0.3) is 11.8 Å². The van der Waals surface area contributed by atoms with E-state index in [1.165, 1.54) is 22.7 Å². The number of carbonyl (C=O) groups excluding carboxylic acids is 2. The fourth-order valence-electron chi connectivity index (χ4n) is 5.06. The molecule has 0 unspecified atom stereocenters. The lowest BCUT2D eigenvalue weighted by molar-refractivity contribution is -0.113. The monoisotopic (exact) mass is 623 g/mol. The molecule has 0 atom stereocenters. The number of nitrogens with one attached hydrogen (secondary N) is 3. The second-order valence-electron chi connectivity index (χ2n) is 9.90. The Labute approximate surface area is 262 Å².